The quantitative estimate of drug-likeness (QED) is 0.925. The molecular weight excluding hydrogens is 282 g/mol. The number of methoxy groups -OCH3 is 1. The molecule has 2 fully saturated rings. The van der Waals surface area contributed by atoms with Crippen molar-refractivity contribution in [2.45, 2.75) is 31.9 Å². The van der Waals surface area contributed by atoms with Crippen molar-refractivity contribution >= 4 is 11.9 Å². The van der Waals surface area contributed by atoms with Crippen molar-refractivity contribution in [1.82, 2.24) is 4.90 Å². The second kappa shape index (κ2) is 6.08. The van der Waals surface area contributed by atoms with Gasteiger partial charge in [0.05, 0.1) is 6.61 Å². The fraction of sp³-hybridized carbons (Fsp3) is 0.529. The van der Waals surface area contributed by atoms with Gasteiger partial charge < -0.3 is 14.7 Å². The summed E-state index contributed by atoms with van der Waals surface area (Å²) in [6.07, 6.45) is 3.02. The van der Waals surface area contributed by atoms with E-state index in [4.69, 9.17) is 4.74 Å². The fourth-order valence-electron chi connectivity index (χ4n) is 3.96. The van der Waals surface area contributed by atoms with Crippen LogP contribution in [0.25, 0.3) is 0 Å². The van der Waals surface area contributed by atoms with Crippen LogP contribution in [0.3, 0.4) is 0 Å². The molecular formula is C17H21NO4. The highest BCUT2D eigenvalue weighted by Gasteiger charge is 2.49. The molecule has 0 bridgehead atoms. The van der Waals surface area contributed by atoms with Gasteiger partial charge in [0.25, 0.3) is 5.91 Å². The highest BCUT2D eigenvalue weighted by Crippen LogP contribution is 2.42. The van der Waals surface area contributed by atoms with Gasteiger partial charge >= 0.3 is 5.97 Å². The van der Waals surface area contributed by atoms with E-state index in [1.807, 2.05) is 12.1 Å². The number of nitrogens with zero attached hydrogens (tertiary/aromatic N) is 1. The lowest BCUT2D eigenvalue weighted by Crippen LogP contribution is -2.43. The van der Waals surface area contributed by atoms with Gasteiger partial charge in [-0.2, -0.15) is 0 Å². The van der Waals surface area contributed by atoms with Crippen molar-refractivity contribution in [3.05, 3.63) is 35.4 Å². The summed E-state index contributed by atoms with van der Waals surface area (Å²) in [6.45, 7) is 1.00. The average molecular weight is 303 g/mol. The minimum atomic E-state index is -0.879. The third-order valence-corrected chi connectivity index (χ3v) is 4.89. The van der Waals surface area contributed by atoms with Crippen molar-refractivity contribution in [3.8, 4) is 0 Å². The zero-order valence-electron chi connectivity index (χ0n) is 12.7. The molecule has 22 heavy (non-hydrogen) atoms. The van der Waals surface area contributed by atoms with Crippen LogP contribution in [0.5, 0.6) is 0 Å². The molecule has 1 aromatic rings. The van der Waals surface area contributed by atoms with E-state index >= 15 is 0 Å². The zero-order chi connectivity index (χ0) is 15.7. The van der Waals surface area contributed by atoms with Gasteiger partial charge in [0.2, 0.25) is 0 Å². The summed E-state index contributed by atoms with van der Waals surface area (Å²) in [6, 6.07) is 6.57. The highest BCUT2D eigenvalue weighted by molar-refractivity contribution is 5.97. The molecule has 1 N–H and O–H groups in total. The molecule has 1 heterocycles. The van der Waals surface area contributed by atoms with Gasteiger partial charge in [-0.1, -0.05) is 18.6 Å². The third kappa shape index (κ3) is 2.61. The molecule has 1 aromatic carbocycles. The zero-order valence-corrected chi connectivity index (χ0v) is 12.7. The maximum absolute atomic E-state index is 12.8. The molecule has 0 unspecified atom stereocenters. The Morgan fingerprint density at radius 1 is 1.36 bits per heavy atom. The maximum Gasteiger partial charge on any atom is 0.326 e. The Kier molecular flexibility index (Phi) is 4.16. The van der Waals surface area contributed by atoms with Crippen molar-refractivity contribution in [1.29, 1.82) is 0 Å². The van der Waals surface area contributed by atoms with Crippen LogP contribution in [0.2, 0.25) is 0 Å². The second-order valence-electron chi connectivity index (χ2n) is 6.23. The van der Waals surface area contributed by atoms with Gasteiger partial charge in [0.1, 0.15) is 6.04 Å². The fourth-order valence-corrected chi connectivity index (χ4v) is 3.96. The number of carboxylic acids is 1. The molecule has 5 nitrogen and oxygen atoms in total. The smallest absolute Gasteiger partial charge is 0.326 e. The summed E-state index contributed by atoms with van der Waals surface area (Å²) in [4.78, 5) is 26.0. The molecule has 1 aliphatic carbocycles. The Balaban J connectivity index is 1.84. The molecule has 1 amide bonds. The molecule has 3 atom stereocenters. The first-order valence-corrected chi connectivity index (χ1v) is 7.73. The number of aliphatic carboxylic acids is 1. The monoisotopic (exact) mass is 303 g/mol. The molecule has 2 aliphatic rings. The molecule has 1 aliphatic heterocycles. The van der Waals surface area contributed by atoms with Gasteiger partial charge in [-0.25, -0.2) is 4.79 Å². The first-order valence-electron chi connectivity index (χ1n) is 7.73. The standard InChI is InChI=1S/C17H21NO4/c1-22-10-11-4-2-5-12(8-11)16(19)18-9-13-6-3-7-14(13)15(18)17(20)21/h2,4-5,8,13-15H,3,6-7,9-10H2,1H3,(H,20,21)/t13-,14+,15-/m0/s1. The van der Waals surface area contributed by atoms with Gasteiger partial charge in [0, 0.05) is 19.2 Å². The van der Waals surface area contributed by atoms with Crippen LogP contribution in [0.1, 0.15) is 35.2 Å². The number of hydrogen-bond donors (Lipinski definition) is 1. The van der Waals surface area contributed by atoms with Crippen molar-refractivity contribution in [3.63, 3.8) is 0 Å². The number of carboxylic acid groups (broad SMARTS) is 1. The van der Waals surface area contributed by atoms with E-state index in [0.717, 1.165) is 24.8 Å². The second-order valence-corrected chi connectivity index (χ2v) is 6.23. The Bertz CT molecular complexity index is 586. The minimum absolute atomic E-state index is 0.114. The van der Waals surface area contributed by atoms with Crippen molar-refractivity contribution in [2.24, 2.45) is 11.8 Å². The van der Waals surface area contributed by atoms with Crippen LogP contribution in [-0.4, -0.2) is 41.6 Å². The normalized spacial score (nSPS) is 27.0. The number of amides is 1. The molecule has 118 valence electrons. The maximum atomic E-state index is 12.8. The number of rotatable bonds is 4. The third-order valence-electron chi connectivity index (χ3n) is 4.89. The number of benzene rings is 1. The largest absolute Gasteiger partial charge is 0.480 e. The number of carbonyl (C=O) groups is 2. The Hall–Kier alpha value is -1.88. The van der Waals surface area contributed by atoms with Crippen LogP contribution in [-0.2, 0) is 16.1 Å². The lowest BCUT2D eigenvalue weighted by molar-refractivity contribution is -0.142. The van der Waals surface area contributed by atoms with Gasteiger partial charge in [-0.3, -0.25) is 4.79 Å². The summed E-state index contributed by atoms with van der Waals surface area (Å²) in [5, 5.41) is 9.55. The topological polar surface area (TPSA) is 66.8 Å². The van der Waals surface area contributed by atoms with E-state index < -0.39 is 12.0 Å². The SMILES string of the molecule is COCc1cccc(C(=O)N2C[C@@H]3CCC[C@H]3[C@H]2C(=O)O)c1. The number of hydrogen-bond acceptors (Lipinski definition) is 3. The van der Waals surface area contributed by atoms with Gasteiger partial charge in [0.15, 0.2) is 0 Å². The number of likely N-dealkylation sites (tertiary alicyclic amines) is 1. The van der Waals surface area contributed by atoms with Crippen LogP contribution in [0.4, 0.5) is 0 Å². The van der Waals surface area contributed by atoms with Crippen molar-refractivity contribution in [2.75, 3.05) is 13.7 Å². The minimum Gasteiger partial charge on any atom is -0.480 e. The van der Waals surface area contributed by atoms with E-state index in [1.165, 1.54) is 0 Å². The summed E-state index contributed by atoms with van der Waals surface area (Å²) in [7, 11) is 1.61. The summed E-state index contributed by atoms with van der Waals surface area (Å²) in [5.41, 5.74) is 1.46. The van der Waals surface area contributed by atoms with Crippen LogP contribution < -0.4 is 0 Å². The van der Waals surface area contributed by atoms with Crippen LogP contribution in [0.15, 0.2) is 24.3 Å². The summed E-state index contributed by atoms with van der Waals surface area (Å²) < 4.78 is 5.09. The first-order chi connectivity index (χ1) is 10.6. The molecule has 1 saturated heterocycles. The van der Waals surface area contributed by atoms with E-state index in [9.17, 15) is 14.7 Å². The Morgan fingerprint density at radius 3 is 2.91 bits per heavy atom. The molecule has 3 rings (SSSR count). The number of carbonyl (C=O) groups excluding carboxylic acids is 1. The Labute approximate surface area is 129 Å². The molecule has 0 aromatic heterocycles. The predicted molar refractivity (Wildman–Crippen MR) is 80.4 cm³/mol. The molecule has 0 spiro atoms. The van der Waals surface area contributed by atoms with Crippen LogP contribution >= 0.6 is 0 Å². The summed E-state index contributed by atoms with van der Waals surface area (Å²) >= 11 is 0. The van der Waals surface area contributed by atoms with Gasteiger partial charge in [-0.05, 0) is 42.4 Å². The number of fused-ring (bicyclic) bond motifs is 1. The molecule has 0 radical (unpaired) electrons. The van der Waals surface area contributed by atoms with E-state index in [-0.39, 0.29) is 11.8 Å². The van der Waals surface area contributed by atoms with E-state index in [0.29, 0.717) is 24.6 Å². The van der Waals surface area contributed by atoms with Crippen molar-refractivity contribution < 1.29 is 19.4 Å². The Morgan fingerprint density at radius 2 is 2.18 bits per heavy atom. The highest BCUT2D eigenvalue weighted by atomic mass is 16.5. The van der Waals surface area contributed by atoms with Gasteiger partial charge in [-0.15, -0.1) is 0 Å². The molecule has 1 saturated carbocycles. The number of ether oxygens (including phenoxy) is 1. The first kappa shape index (κ1) is 15.0. The summed E-state index contributed by atoms with van der Waals surface area (Å²) in [5.74, 6) is -0.605. The molecule has 5 heteroatoms. The van der Waals surface area contributed by atoms with Crippen LogP contribution in [0, 0.1) is 11.8 Å². The lowest BCUT2D eigenvalue weighted by Gasteiger charge is -2.24. The average Bonchev–Trinajstić information content (AvgIpc) is 3.07. The predicted octanol–water partition coefficient (Wildman–Crippen LogP) is 2.16. The lowest BCUT2D eigenvalue weighted by atomic mass is 9.94. The van der Waals surface area contributed by atoms with E-state index in [1.54, 1.807) is 24.1 Å². The van der Waals surface area contributed by atoms with E-state index in [2.05, 4.69) is 0 Å².